The van der Waals surface area contributed by atoms with Gasteiger partial charge in [-0.1, -0.05) is 35.3 Å². The van der Waals surface area contributed by atoms with E-state index in [1.807, 2.05) is 12.1 Å². The number of hydrazone groups is 1. The van der Waals surface area contributed by atoms with Gasteiger partial charge < -0.3 is 10.4 Å². The van der Waals surface area contributed by atoms with E-state index in [0.717, 1.165) is 22.6 Å². The number of aromatic hydroxyl groups is 1. The summed E-state index contributed by atoms with van der Waals surface area (Å²) in [6.45, 7) is 1.96. The summed E-state index contributed by atoms with van der Waals surface area (Å²) in [5.74, 6) is -0.721. The SMILES string of the molecule is C/C(=N\NC(=O)c1ccc(C(=O)NCc2ccccn2)s1)c1csc(-c2ccc(Cl)c(Cl)c2)c1O. The molecule has 0 radical (unpaired) electrons. The fourth-order valence-corrected chi connectivity index (χ4v) is 5.16. The van der Waals surface area contributed by atoms with E-state index >= 15 is 0 Å². The Kier molecular flexibility index (Phi) is 7.82. The molecular formula is C24H18Cl2N4O3S2. The quantitative estimate of drug-likeness (QED) is 0.197. The van der Waals surface area contributed by atoms with Crippen LogP contribution in [0.5, 0.6) is 5.75 Å². The van der Waals surface area contributed by atoms with Crippen LogP contribution in [0.1, 0.15) is 37.5 Å². The Hall–Kier alpha value is -3.24. The number of amides is 2. The zero-order valence-corrected chi connectivity index (χ0v) is 21.4. The van der Waals surface area contributed by atoms with E-state index in [0.29, 0.717) is 36.0 Å². The number of carbonyl (C=O) groups excluding carboxylic acids is 2. The molecule has 0 aliphatic heterocycles. The molecule has 4 rings (SSSR count). The van der Waals surface area contributed by atoms with E-state index in [1.165, 1.54) is 11.3 Å². The van der Waals surface area contributed by atoms with Gasteiger partial charge in [-0.15, -0.1) is 22.7 Å². The highest BCUT2D eigenvalue weighted by Gasteiger charge is 2.17. The number of nitrogens with one attached hydrogen (secondary N) is 2. The molecule has 3 N–H and O–H groups in total. The zero-order chi connectivity index (χ0) is 24.9. The van der Waals surface area contributed by atoms with Crippen LogP contribution in [0.25, 0.3) is 10.4 Å². The van der Waals surface area contributed by atoms with Crippen LogP contribution in [0.15, 0.2) is 65.2 Å². The van der Waals surface area contributed by atoms with Gasteiger partial charge in [0.15, 0.2) is 0 Å². The molecule has 0 aliphatic rings. The first-order valence-corrected chi connectivity index (χ1v) is 12.7. The average molecular weight is 545 g/mol. The molecule has 11 heteroatoms. The van der Waals surface area contributed by atoms with Gasteiger partial charge in [-0.05, 0) is 48.9 Å². The third-order valence-corrected chi connectivity index (χ3v) is 7.71. The molecule has 0 fully saturated rings. The number of aromatic nitrogens is 1. The Morgan fingerprint density at radius 1 is 1.06 bits per heavy atom. The number of benzene rings is 1. The lowest BCUT2D eigenvalue weighted by Crippen LogP contribution is -2.22. The molecule has 1 aromatic carbocycles. The number of rotatable bonds is 7. The van der Waals surface area contributed by atoms with E-state index in [-0.39, 0.29) is 18.2 Å². The maximum Gasteiger partial charge on any atom is 0.281 e. The third kappa shape index (κ3) is 5.88. The van der Waals surface area contributed by atoms with Gasteiger partial charge >= 0.3 is 0 Å². The van der Waals surface area contributed by atoms with Crippen LogP contribution in [-0.4, -0.2) is 27.6 Å². The van der Waals surface area contributed by atoms with E-state index < -0.39 is 5.91 Å². The van der Waals surface area contributed by atoms with Crippen molar-refractivity contribution in [3.05, 3.63) is 91.2 Å². The number of hydrogen-bond donors (Lipinski definition) is 3. The number of pyridine rings is 1. The molecular weight excluding hydrogens is 527 g/mol. The summed E-state index contributed by atoms with van der Waals surface area (Å²) >= 11 is 14.4. The fourth-order valence-electron chi connectivity index (χ4n) is 3.04. The van der Waals surface area contributed by atoms with Crippen molar-refractivity contribution in [2.24, 2.45) is 5.10 Å². The van der Waals surface area contributed by atoms with E-state index in [4.69, 9.17) is 23.2 Å². The Morgan fingerprint density at radius 2 is 1.83 bits per heavy atom. The summed E-state index contributed by atoms with van der Waals surface area (Å²) in [6, 6.07) is 13.7. The molecule has 4 aromatic rings. The van der Waals surface area contributed by atoms with Crippen molar-refractivity contribution in [2.75, 3.05) is 0 Å². The number of hydrogen-bond acceptors (Lipinski definition) is 7. The Morgan fingerprint density at radius 3 is 2.54 bits per heavy atom. The second-order valence-corrected chi connectivity index (χ2v) is 10.0. The summed E-state index contributed by atoms with van der Waals surface area (Å²) in [5.41, 5.74) is 4.83. The molecule has 0 saturated heterocycles. The van der Waals surface area contributed by atoms with Crippen molar-refractivity contribution in [1.82, 2.24) is 15.7 Å². The van der Waals surface area contributed by atoms with Crippen LogP contribution in [0.2, 0.25) is 10.0 Å². The molecule has 0 spiro atoms. The molecule has 0 saturated carbocycles. The normalized spacial score (nSPS) is 11.3. The highest BCUT2D eigenvalue weighted by atomic mass is 35.5. The number of halogens is 2. The maximum atomic E-state index is 12.5. The van der Waals surface area contributed by atoms with Crippen molar-refractivity contribution in [3.8, 4) is 16.2 Å². The van der Waals surface area contributed by atoms with Gasteiger partial charge in [0.1, 0.15) is 5.75 Å². The summed E-state index contributed by atoms with van der Waals surface area (Å²) in [6.07, 6.45) is 1.65. The first kappa shape index (κ1) is 24.9. The molecule has 3 aromatic heterocycles. The Labute approximate surface area is 219 Å². The molecule has 35 heavy (non-hydrogen) atoms. The minimum atomic E-state index is -0.461. The van der Waals surface area contributed by atoms with Crippen LogP contribution < -0.4 is 10.7 Å². The standard InChI is InChI=1S/C24H18Cl2N4O3S2/c1-13(16-12-34-22(21(16)31)14-5-6-17(25)18(26)10-14)29-30-24(33)20-8-7-19(35-20)23(32)28-11-15-4-2-3-9-27-15/h2-10,12,31H,11H2,1H3,(H,28,32)(H,30,33)/b29-13+. The van der Waals surface area contributed by atoms with Crippen molar-refractivity contribution >= 4 is 63.4 Å². The lowest BCUT2D eigenvalue weighted by molar-refractivity contribution is 0.0949. The van der Waals surface area contributed by atoms with Crippen LogP contribution in [0.4, 0.5) is 0 Å². The van der Waals surface area contributed by atoms with Crippen LogP contribution in [-0.2, 0) is 6.54 Å². The second kappa shape index (κ2) is 11.0. The van der Waals surface area contributed by atoms with Crippen LogP contribution >= 0.6 is 45.9 Å². The molecule has 0 unspecified atom stereocenters. The molecule has 3 heterocycles. The van der Waals surface area contributed by atoms with Gasteiger partial charge in [-0.25, -0.2) is 5.43 Å². The van der Waals surface area contributed by atoms with E-state index in [1.54, 1.807) is 54.9 Å². The molecule has 2 amide bonds. The Balaban J connectivity index is 1.40. The minimum Gasteiger partial charge on any atom is -0.506 e. The van der Waals surface area contributed by atoms with Gasteiger partial charge in [-0.2, -0.15) is 5.10 Å². The van der Waals surface area contributed by atoms with Crippen molar-refractivity contribution < 1.29 is 14.7 Å². The minimum absolute atomic E-state index is 0.0341. The topological polar surface area (TPSA) is 104 Å². The monoisotopic (exact) mass is 544 g/mol. The van der Waals surface area contributed by atoms with Crippen molar-refractivity contribution in [3.63, 3.8) is 0 Å². The summed E-state index contributed by atoms with van der Waals surface area (Å²) in [4.78, 5) is 30.4. The van der Waals surface area contributed by atoms with E-state index in [2.05, 4.69) is 20.8 Å². The van der Waals surface area contributed by atoms with E-state index in [9.17, 15) is 14.7 Å². The van der Waals surface area contributed by atoms with Crippen molar-refractivity contribution in [2.45, 2.75) is 13.5 Å². The van der Waals surface area contributed by atoms with Gasteiger partial charge in [0.2, 0.25) is 0 Å². The molecule has 178 valence electrons. The molecule has 0 bridgehead atoms. The van der Waals surface area contributed by atoms with Gasteiger partial charge in [0.25, 0.3) is 11.8 Å². The molecule has 0 aliphatic carbocycles. The predicted octanol–water partition coefficient (Wildman–Crippen LogP) is 5.97. The third-order valence-electron chi connectivity index (χ3n) is 4.87. The fraction of sp³-hybridized carbons (Fsp3) is 0.0833. The lowest BCUT2D eigenvalue weighted by atomic mass is 10.1. The number of carbonyl (C=O) groups is 2. The zero-order valence-electron chi connectivity index (χ0n) is 18.2. The average Bonchev–Trinajstić information content (AvgIpc) is 3.51. The summed E-state index contributed by atoms with van der Waals surface area (Å²) < 4.78 is 0. The summed E-state index contributed by atoms with van der Waals surface area (Å²) in [7, 11) is 0. The van der Waals surface area contributed by atoms with Gasteiger partial charge in [-0.3, -0.25) is 14.6 Å². The highest BCUT2D eigenvalue weighted by molar-refractivity contribution is 7.16. The van der Waals surface area contributed by atoms with Crippen LogP contribution in [0.3, 0.4) is 0 Å². The first-order chi connectivity index (χ1) is 16.8. The largest absolute Gasteiger partial charge is 0.506 e. The van der Waals surface area contributed by atoms with Gasteiger partial charge in [0.05, 0.1) is 48.2 Å². The van der Waals surface area contributed by atoms with Crippen LogP contribution in [0, 0.1) is 0 Å². The smallest absolute Gasteiger partial charge is 0.281 e. The highest BCUT2D eigenvalue weighted by Crippen LogP contribution is 2.40. The van der Waals surface area contributed by atoms with Crippen molar-refractivity contribution in [1.29, 1.82) is 0 Å². The summed E-state index contributed by atoms with van der Waals surface area (Å²) in [5, 5.41) is 20.1. The maximum absolute atomic E-state index is 12.5. The number of nitrogens with zero attached hydrogens (tertiary/aromatic N) is 2. The molecule has 0 atom stereocenters. The predicted molar refractivity (Wildman–Crippen MR) is 141 cm³/mol. The molecule has 7 nitrogen and oxygen atoms in total. The lowest BCUT2D eigenvalue weighted by Gasteiger charge is -2.04. The number of thiophene rings is 2. The first-order valence-electron chi connectivity index (χ1n) is 10.2. The van der Waals surface area contributed by atoms with Gasteiger partial charge in [0, 0.05) is 11.6 Å². The Bertz CT molecular complexity index is 1420. The second-order valence-electron chi connectivity index (χ2n) is 7.26.